The fourth-order valence-corrected chi connectivity index (χ4v) is 6.25. The second-order valence-electron chi connectivity index (χ2n) is 9.44. The third-order valence-electron chi connectivity index (χ3n) is 6.79. The van der Waals surface area contributed by atoms with Gasteiger partial charge >= 0.3 is 5.97 Å². The van der Waals surface area contributed by atoms with E-state index in [1.54, 1.807) is 0 Å². The lowest BCUT2D eigenvalue weighted by Gasteiger charge is -2.26. The van der Waals surface area contributed by atoms with E-state index < -0.39 is 28.5 Å². The highest BCUT2D eigenvalue weighted by molar-refractivity contribution is 7.89. The molecule has 194 valence electrons. The average molecular weight is 524 g/mol. The van der Waals surface area contributed by atoms with Gasteiger partial charge in [0.1, 0.15) is 0 Å². The van der Waals surface area contributed by atoms with Crippen molar-refractivity contribution in [3.8, 4) is 0 Å². The summed E-state index contributed by atoms with van der Waals surface area (Å²) in [5.74, 6) is -0.635. The highest BCUT2D eigenvalue weighted by Crippen LogP contribution is 2.32. The number of fused-ring (bicyclic) bond motifs is 2. The van der Waals surface area contributed by atoms with Crippen molar-refractivity contribution in [2.45, 2.75) is 31.1 Å². The Bertz CT molecular complexity index is 1430. The summed E-state index contributed by atoms with van der Waals surface area (Å²) in [5, 5.41) is 3.38. The molecule has 0 radical (unpaired) electrons. The minimum absolute atomic E-state index is 0.141. The highest BCUT2D eigenvalue weighted by Gasteiger charge is 2.27. The molecule has 0 spiro atoms. The van der Waals surface area contributed by atoms with Gasteiger partial charge in [-0.05, 0) is 61.1 Å². The lowest BCUT2D eigenvalue weighted by atomic mass is 9.84. The van der Waals surface area contributed by atoms with Crippen molar-refractivity contribution in [3.63, 3.8) is 0 Å². The number of aromatic nitrogens is 1. The van der Waals surface area contributed by atoms with Crippen LogP contribution in [0.1, 0.15) is 35.0 Å². The number of nitrogens with zero attached hydrogens (tertiary/aromatic N) is 2. The number of hydrogen-bond acceptors (Lipinski definition) is 7. The van der Waals surface area contributed by atoms with Gasteiger partial charge in [-0.2, -0.15) is 4.31 Å². The van der Waals surface area contributed by atoms with Crippen molar-refractivity contribution in [1.29, 1.82) is 0 Å². The molecule has 9 nitrogen and oxygen atoms in total. The molecule has 1 aromatic heterocycles. The van der Waals surface area contributed by atoms with Crippen LogP contribution in [0.5, 0.6) is 0 Å². The Kier molecular flexibility index (Phi) is 7.23. The van der Waals surface area contributed by atoms with E-state index in [2.05, 4.69) is 12.2 Å². The van der Waals surface area contributed by atoms with E-state index in [0.717, 1.165) is 41.4 Å². The zero-order valence-corrected chi connectivity index (χ0v) is 21.4. The monoisotopic (exact) mass is 523 g/mol. The Morgan fingerprint density at radius 2 is 1.84 bits per heavy atom. The number of pyridine rings is 1. The molecule has 5 rings (SSSR count). The van der Waals surface area contributed by atoms with Crippen LogP contribution in [0.3, 0.4) is 0 Å². The number of sulfonamides is 1. The molecule has 10 heteroatoms. The third-order valence-corrected chi connectivity index (χ3v) is 8.70. The summed E-state index contributed by atoms with van der Waals surface area (Å²) < 4.78 is 37.6. The first-order chi connectivity index (χ1) is 17.8. The number of morpholine rings is 1. The zero-order chi connectivity index (χ0) is 26.0. The van der Waals surface area contributed by atoms with Gasteiger partial charge in [0.25, 0.3) is 5.91 Å². The van der Waals surface area contributed by atoms with Gasteiger partial charge in [-0.25, -0.2) is 13.2 Å². The van der Waals surface area contributed by atoms with Crippen LogP contribution in [0.2, 0.25) is 0 Å². The molecule has 1 atom stereocenters. The van der Waals surface area contributed by atoms with Crippen LogP contribution in [0.25, 0.3) is 10.9 Å². The molecule has 0 bridgehead atoms. The summed E-state index contributed by atoms with van der Waals surface area (Å²) in [5.41, 5.74) is 3.44. The van der Waals surface area contributed by atoms with Crippen molar-refractivity contribution in [3.05, 3.63) is 65.4 Å². The number of benzene rings is 2. The van der Waals surface area contributed by atoms with Gasteiger partial charge < -0.3 is 14.8 Å². The standard InChI is InChI=1S/C27H29N3O6S/c1-18-6-11-24-22(16-18)26(21-4-2-3-5-23(21)29-24)27(32)36-17-25(31)28-19-7-9-20(10-8-19)37(33,34)30-12-14-35-15-13-30/h2-5,7-10,18H,6,11-17H2,1H3,(H,28,31). The smallest absolute Gasteiger partial charge is 0.339 e. The molecular weight excluding hydrogens is 494 g/mol. The summed E-state index contributed by atoms with van der Waals surface area (Å²) in [6.07, 6.45) is 2.56. The molecule has 1 aliphatic heterocycles. The number of esters is 1. The Morgan fingerprint density at radius 3 is 2.59 bits per heavy atom. The molecule has 1 aliphatic carbocycles. The Balaban J connectivity index is 1.26. The third kappa shape index (κ3) is 5.36. The Hall–Kier alpha value is -3.34. The largest absolute Gasteiger partial charge is 0.452 e. The van der Waals surface area contributed by atoms with Crippen molar-refractivity contribution < 1.29 is 27.5 Å². The van der Waals surface area contributed by atoms with Crippen LogP contribution in [-0.4, -0.2) is 62.5 Å². The number of anilines is 1. The van der Waals surface area contributed by atoms with E-state index in [1.165, 1.54) is 28.6 Å². The van der Waals surface area contributed by atoms with Gasteiger partial charge in [0.2, 0.25) is 10.0 Å². The summed E-state index contributed by atoms with van der Waals surface area (Å²) in [4.78, 5) is 30.6. The van der Waals surface area contributed by atoms with E-state index in [0.29, 0.717) is 43.5 Å². The predicted molar refractivity (Wildman–Crippen MR) is 138 cm³/mol. The maximum absolute atomic E-state index is 13.2. The van der Waals surface area contributed by atoms with Crippen LogP contribution < -0.4 is 5.32 Å². The quantitative estimate of drug-likeness (QED) is 0.494. The van der Waals surface area contributed by atoms with Gasteiger partial charge in [-0.3, -0.25) is 9.78 Å². The van der Waals surface area contributed by atoms with E-state index in [9.17, 15) is 18.0 Å². The Morgan fingerprint density at radius 1 is 1.11 bits per heavy atom. The minimum atomic E-state index is -3.62. The number of amides is 1. The SMILES string of the molecule is CC1CCc2nc3ccccc3c(C(=O)OCC(=O)Nc3ccc(S(=O)(=O)N4CCOCC4)cc3)c2C1. The number of nitrogens with one attached hydrogen (secondary N) is 1. The Labute approximate surface area is 215 Å². The molecule has 1 fully saturated rings. The number of carbonyl (C=O) groups excluding carboxylic acids is 2. The first kappa shape index (κ1) is 25.3. The number of ether oxygens (including phenoxy) is 2. The molecule has 2 aliphatic rings. The van der Waals surface area contributed by atoms with E-state index in [-0.39, 0.29) is 4.90 Å². The van der Waals surface area contributed by atoms with Crippen LogP contribution >= 0.6 is 0 Å². The molecule has 3 aromatic rings. The van der Waals surface area contributed by atoms with Crippen molar-refractivity contribution >= 4 is 38.5 Å². The molecule has 1 amide bonds. The summed E-state index contributed by atoms with van der Waals surface area (Å²) in [6.45, 7) is 3.03. The lowest BCUT2D eigenvalue weighted by molar-refractivity contribution is -0.119. The van der Waals surface area contributed by atoms with Crippen molar-refractivity contribution in [2.24, 2.45) is 5.92 Å². The van der Waals surface area contributed by atoms with Gasteiger partial charge in [0.05, 0.1) is 29.2 Å². The summed E-state index contributed by atoms with van der Waals surface area (Å²) >= 11 is 0. The molecule has 37 heavy (non-hydrogen) atoms. The number of carbonyl (C=O) groups is 2. The second-order valence-corrected chi connectivity index (χ2v) is 11.4. The topological polar surface area (TPSA) is 115 Å². The van der Waals surface area contributed by atoms with Gasteiger partial charge in [-0.15, -0.1) is 0 Å². The van der Waals surface area contributed by atoms with Crippen LogP contribution in [-0.2, 0) is 37.1 Å². The van der Waals surface area contributed by atoms with Crippen molar-refractivity contribution in [2.75, 3.05) is 38.2 Å². The summed E-state index contributed by atoms with van der Waals surface area (Å²) in [7, 11) is -3.62. The fourth-order valence-electron chi connectivity index (χ4n) is 4.84. The van der Waals surface area contributed by atoms with Gasteiger partial charge in [-0.1, -0.05) is 25.1 Å². The molecule has 2 heterocycles. The van der Waals surface area contributed by atoms with Crippen LogP contribution in [0.15, 0.2) is 53.4 Å². The highest BCUT2D eigenvalue weighted by atomic mass is 32.2. The molecule has 1 saturated heterocycles. The van der Waals surface area contributed by atoms with E-state index >= 15 is 0 Å². The van der Waals surface area contributed by atoms with Crippen LogP contribution in [0, 0.1) is 5.92 Å². The van der Waals surface area contributed by atoms with Crippen LogP contribution in [0.4, 0.5) is 5.69 Å². The second kappa shape index (κ2) is 10.6. The molecular formula is C27H29N3O6S. The zero-order valence-electron chi connectivity index (χ0n) is 20.6. The van der Waals surface area contributed by atoms with Gasteiger partial charge in [0.15, 0.2) is 6.61 Å². The molecule has 2 aromatic carbocycles. The fraction of sp³-hybridized carbons (Fsp3) is 0.370. The maximum atomic E-state index is 13.2. The van der Waals surface area contributed by atoms with Crippen molar-refractivity contribution in [1.82, 2.24) is 9.29 Å². The average Bonchev–Trinajstić information content (AvgIpc) is 2.91. The lowest BCUT2D eigenvalue weighted by Crippen LogP contribution is -2.40. The number of para-hydroxylation sites is 1. The minimum Gasteiger partial charge on any atom is -0.452 e. The summed E-state index contributed by atoms with van der Waals surface area (Å²) in [6, 6.07) is 13.4. The first-order valence-corrected chi connectivity index (χ1v) is 13.8. The number of hydrogen-bond donors (Lipinski definition) is 1. The molecule has 0 saturated carbocycles. The number of aryl methyl sites for hydroxylation is 1. The molecule has 1 unspecified atom stereocenters. The normalized spacial score (nSPS) is 18.2. The molecule has 1 N–H and O–H groups in total. The maximum Gasteiger partial charge on any atom is 0.339 e. The first-order valence-electron chi connectivity index (χ1n) is 12.4. The van der Waals surface area contributed by atoms with E-state index in [1.807, 2.05) is 24.3 Å². The van der Waals surface area contributed by atoms with E-state index in [4.69, 9.17) is 14.5 Å². The van der Waals surface area contributed by atoms with Gasteiger partial charge in [0, 0.05) is 29.9 Å². The predicted octanol–water partition coefficient (Wildman–Crippen LogP) is 3.18. The number of rotatable bonds is 6.